The molecule has 2 N–H and O–H groups in total. The van der Waals surface area contributed by atoms with E-state index in [9.17, 15) is 9.59 Å². The van der Waals surface area contributed by atoms with Crippen molar-refractivity contribution in [2.24, 2.45) is 5.10 Å². The van der Waals surface area contributed by atoms with E-state index in [0.29, 0.717) is 5.02 Å². The van der Waals surface area contributed by atoms with Gasteiger partial charge in [-0.1, -0.05) is 29.8 Å². The zero-order valence-corrected chi connectivity index (χ0v) is 24.2. The minimum absolute atomic E-state index is 0.0798. The van der Waals surface area contributed by atoms with E-state index in [-0.39, 0.29) is 17.6 Å². The zero-order valence-electron chi connectivity index (χ0n) is 21.8. The molecule has 6 nitrogen and oxygen atoms in total. The van der Waals surface area contributed by atoms with Gasteiger partial charge in [-0.2, -0.15) is 5.10 Å². The Kier molecular flexibility index (Phi) is 8.55. The molecule has 1 aliphatic rings. The van der Waals surface area contributed by atoms with Crippen molar-refractivity contribution >= 4 is 58.4 Å². The Hall–Kier alpha value is -3.33. The number of thiophene rings is 1. The minimum Gasteiger partial charge on any atom is -0.322 e. The van der Waals surface area contributed by atoms with Crippen LogP contribution in [-0.2, 0) is 17.6 Å². The molecule has 0 unspecified atom stereocenters. The van der Waals surface area contributed by atoms with E-state index in [0.717, 1.165) is 63.8 Å². The summed E-state index contributed by atoms with van der Waals surface area (Å²) in [6.07, 6.45) is 5.81. The van der Waals surface area contributed by atoms with Crippen LogP contribution in [0.4, 0.5) is 5.69 Å². The number of anilines is 1. The molecule has 1 aliphatic carbocycles. The third-order valence-corrected chi connectivity index (χ3v) is 9.20. The highest BCUT2D eigenvalue weighted by Gasteiger charge is 2.28. The number of hydrogen-bond acceptors (Lipinski definition) is 5. The predicted molar refractivity (Wildman–Crippen MR) is 162 cm³/mol. The molecular formula is C30H29ClN4O2S2. The quantitative estimate of drug-likeness (QED) is 0.132. The van der Waals surface area contributed by atoms with E-state index < -0.39 is 0 Å². The number of hydrazone groups is 1. The molecule has 200 valence electrons. The first-order valence-corrected chi connectivity index (χ1v) is 15.0. The van der Waals surface area contributed by atoms with Gasteiger partial charge < -0.3 is 9.88 Å². The Morgan fingerprint density at radius 3 is 2.59 bits per heavy atom. The SMILES string of the molecule is Cc1cc(/C=N\NC(=O)CSc2ccc(Cl)cc2)c(C)n1-c1sc2c(c1C(=O)Nc1ccccc1)CCCC2. The first-order chi connectivity index (χ1) is 18.9. The first kappa shape index (κ1) is 27.2. The van der Waals surface area contributed by atoms with Gasteiger partial charge in [-0.15, -0.1) is 23.1 Å². The van der Waals surface area contributed by atoms with E-state index in [1.54, 1.807) is 29.7 Å². The molecule has 2 heterocycles. The fraction of sp³-hybridized carbons (Fsp3) is 0.233. The molecule has 9 heteroatoms. The van der Waals surface area contributed by atoms with Crippen LogP contribution >= 0.6 is 34.7 Å². The summed E-state index contributed by atoms with van der Waals surface area (Å²) in [7, 11) is 0. The molecule has 39 heavy (non-hydrogen) atoms. The first-order valence-electron chi connectivity index (χ1n) is 12.8. The van der Waals surface area contributed by atoms with Gasteiger partial charge in [0.25, 0.3) is 5.91 Å². The largest absolute Gasteiger partial charge is 0.322 e. The lowest BCUT2D eigenvalue weighted by Gasteiger charge is -2.14. The lowest BCUT2D eigenvalue weighted by Crippen LogP contribution is -2.19. The molecule has 2 amide bonds. The van der Waals surface area contributed by atoms with Crippen molar-refractivity contribution in [3.8, 4) is 5.00 Å². The van der Waals surface area contributed by atoms with Crippen molar-refractivity contribution in [3.63, 3.8) is 0 Å². The second kappa shape index (κ2) is 12.2. The molecule has 0 bridgehead atoms. The number of nitrogens with zero attached hydrogens (tertiary/aromatic N) is 2. The average Bonchev–Trinajstić information content (AvgIpc) is 3.44. The van der Waals surface area contributed by atoms with E-state index in [4.69, 9.17) is 11.6 Å². The number of halogens is 1. The highest BCUT2D eigenvalue weighted by molar-refractivity contribution is 8.00. The van der Waals surface area contributed by atoms with Gasteiger partial charge >= 0.3 is 0 Å². The van der Waals surface area contributed by atoms with Crippen LogP contribution in [0.5, 0.6) is 0 Å². The van der Waals surface area contributed by atoms with Crippen molar-refractivity contribution < 1.29 is 9.59 Å². The summed E-state index contributed by atoms with van der Waals surface area (Å²) >= 11 is 9.05. The number of para-hydroxylation sites is 1. The fourth-order valence-corrected chi connectivity index (χ4v) is 7.09. The molecule has 2 aromatic heterocycles. The van der Waals surface area contributed by atoms with Gasteiger partial charge in [0.15, 0.2) is 0 Å². The van der Waals surface area contributed by atoms with Crippen LogP contribution < -0.4 is 10.7 Å². The molecule has 2 aromatic carbocycles. The maximum absolute atomic E-state index is 13.6. The topological polar surface area (TPSA) is 75.5 Å². The average molecular weight is 577 g/mol. The second-order valence-corrected chi connectivity index (χ2v) is 12.0. The third-order valence-electron chi connectivity index (χ3n) is 6.66. The lowest BCUT2D eigenvalue weighted by atomic mass is 9.95. The Morgan fingerprint density at radius 1 is 1.08 bits per heavy atom. The van der Waals surface area contributed by atoms with Gasteiger partial charge in [0.2, 0.25) is 5.91 Å². The standard InChI is InChI=1S/C30H29ClN4O2S2/c1-19-16-21(17-32-34-27(36)18-38-24-14-12-22(31)13-15-24)20(2)35(19)30-28(25-10-6-7-11-26(25)39-30)29(37)33-23-8-4-3-5-9-23/h3-5,8-9,12-17H,6-7,10-11,18H2,1-2H3,(H,33,37)(H,34,36)/b32-17-. The summed E-state index contributed by atoms with van der Waals surface area (Å²) in [4.78, 5) is 28.2. The molecular weight excluding hydrogens is 548 g/mol. The summed E-state index contributed by atoms with van der Waals surface area (Å²) in [5.41, 5.74) is 8.19. The molecule has 0 fully saturated rings. The Bertz CT molecular complexity index is 1520. The normalized spacial score (nSPS) is 12.9. The Balaban J connectivity index is 1.35. The summed E-state index contributed by atoms with van der Waals surface area (Å²) in [6, 6.07) is 19.0. The van der Waals surface area contributed by atoms with E-state index in [2.05, 4.69) is 20.4 Å². The molecule has 0 saturated heterocycles. The Morgan fingerprint density at radius 2 is 1.82 bits per heavy atom. The molecule has 0 saturated carbocycles. The van der Waals surface area contributed by atoms with Crippen molar-refractivity contribution in [2.75, 3.05) is 11.1 Å². The van der Waals surface area contributed by atoms with Gasteiger partial charge in [-0.25, -0.2) is 5.43 Å². The van der Waals surface area contributed by atoms with Crippen LogP contribution in [0.1, 0.15) is 50.6 Å². The highest BCUT2D eigenvalue weighted by Crippen LogP contribution is 2.39. The lowest BCUT2D eigenvalue weighted by molar-refractivity contribution is -0.118. The van der Waals surface area contributed by atoms with Gasteiger partial charge in [-0.05, 0) is 87.6 Å². The molecule has 0 spiro atoms. The highest BCUT2D eigenvalue weighted by atomic mass is 35.5. The summed E-state index contributed by atoms with van der Waals surface area (Å²) in [5, 5.41) is 8.91. The van der Waals surface area contributed by atoms with Gasteiger partial charge in [0.05, 0.1) is 17.5 Å². The number of aryl methyl sites for hydroxylation is 2. The van der Waals surface area contributed by atoms with Crippen LogP contribution in [0.15, 0.2) is 70.7 Å². The van der Waals surface area contributed by atoms with Crippen LogP contribution in [0, 0.1) is 13.8 Å². The van der Waals surface area contributed by atoms with Gasteiger partial charge in [-0.3, -0.25) is 9.59 Å². The molecule has 0 radical (unpaired) electrons. The predicted octanol–water partition coefficient (Wildman–Crippen LogP) is 7.18. The monoisotopic (exact) mass is 576 g/mol. The van der Waals surface area contributed by atoms with Crippen LogP contribution in [0.3, 0.4) is 0 Å². The van der Waals surface area contributed by atoms with Crippen LogP contribution in [-0.4, -0.2) is 28.3 Å². The maximum Gasteiger partial charge on any atom is 0.258 e. The number of rotatable bonds is 8. The fourth-order valence-electron chi connectivity index (χ4n) is 4.77. The van der Waals surface area contributed by atoms with E-state index in [1.807, 2.05) is 62.4 Å². The van der Waals surface area contributed by atoms with Crippen molar-refractivity contribution in [3.05, 3.63) is 98.6 Å². The molecule has 5 rings (SSSR count). The summed E-state index contributed by atoms with van der Waals surface area (Å²) < 4.78 is 2.14. The number of carbonyl (C=O) groups is 2. The maximum atomic E-state index is 13.6. The van der Waals surface area contributed by atoms with Crippen molar-refractivity contribution in [2.45, 2.75) is 44.4 Å². The number of amides is 2. The molecule has 0 atom stereocenters. The molecule has 4 aromatic rings. The number of nitrogens with one attached hydrogen (secondary N) is 2. The van der Waals surface area contributed by atoms with Gasteiger partial charge in [0.1, 0.15) is 5.00 Å². The number of thioether (sulfide) groups is 1. The summed E-state index contributed by atoms with van der Waals surface area (Å²) in [6.45, 7) is 4.05. The zero-order chi connectivity index (χ0) is 27.4. The number of benzene rings is 2. The number of carbonyl (C=O) groups excluding carboxylic acids is 2. The Labute approximate surface area is 241 Å². The minimum atomic E-state index is -0.189. The number of fused-ring (bicyclic) bond motifs is 1. The number of aromatic nitrogens is 1. The smallest absolute Gasteiger partial charge is 0.258 e. The third kappa shape index (κ3) is 6.30. The van der Waals surface area contributed by atoms with E-state index >= 15 is 0 Å². The summed E-state index contributed by atoms with van der Waals surface area (Å²) in [5.74, 6) is -0.0203. The molecule has 0 aliphatic heterocycles. The number of hydrogen-bond donors (Lipinski definition) is 2. The van der Waals surface area contributed by atoms with Crippen molar-refractivity contribution in [1.82, 2.24) is 9.99 Å². The van der Waals surface area contributed by atoms with Crippen molar-refractivity contribution in [1.29, 1.82) is 0 Å². The van der Waals surface area contributed by atoms with Crippen LogP contribution in [0.2, 0.25) is 5.02 Å². The van der Waals surface area contributed by atoms with Crippen LogP contribution in [0.25, 0.3) is 5.00 Å². The van der Waals surface area contributed by atoms with E-state index in [1.165, 1.54) is 22.2 Å². The van der Waals surface area contributed by atoms with Gasteiger partial charge in [0, 0.05) is 37.4 Å². The second-order valence-electron chi connectivity index (χ2n) is 9.41.